The molecule has 3 aromatic rings. The van der Waals surface area contributed by atoms with E-state index in [0.29, 0.717) is 25.4 Å². The molecule has 2 fully saturated rings. The average molecular weight is 655 g/mol. The van der Waals surface area contributed by atoms with Gasteiger partial charge in [0, 0.05) is 31.4 Å². The summed E-state index contributed by atoms with van der Waals surface area (Å²) in [5, 5.41) is 14.5. The lowest BCUT2D eigenvalue weighted by Crippen LogP contribution is -2.50. The van der Waals surface area contributed by atoms with Crippen LogP contribution in [0.1, 0.15) is 24.2 Å². The molecular formula is C27H29F3N6O8S. The van der Waals surface area contributed by atoms with Gasteiger partial charge < -0.3 is 21.1 Å². The van der Waals surface area contributed by atoms with E-state index in [9.17, 15) is 41.5 Å². The maximum absolute atomic E-state index is 15.3. The van der Waals surface area contributed by atoms with E-state index in [1.54, 1.807) is 11.8 Å². The zero-order valence-electron chi connectivity index (χ0n) is 24.0. The Labute approximate surface area is 253 Å². The van der Waals surface area contributed by atoms with Crippen LogP contribution in [-0.4, -0.2) is 82.9 Å². The van der Waals surface area contributed by atoms with Crippen molar-refractivity contribution in [3.05, 3.63) is 63.7 Å². The number of halogens is 3. The van der Waals surface area contributed by atoms with Crippen LogP contribution in [0.4, 0.5) is 19.0 Å². The number of imide groups is 1. The highest BCUT2D eigenvalue weighted by molar-refractivity contribution is 7.85. The fourth-order valence-electron chi connectivity index (χ4n) is 5.10. The van der Waals surface area contributed by atoms with Crippen LogP contribution < -0.4 is 26.7 Å². The van der Waals surface area contributed by atoms with Gasteiger partial charge in [-0.25, -0.2) is 22.9 Å². The highest BCUT2D eigenvalue weighted by Crippen LogP contribution is 2.47. The highest BCUT2D eigenvalue weighted by Gasteiger charge is 2.56. The van der Waals surface area contributed by atoms with E-state index in [1.165, 1.54) is 6.92 Å². The molecule has 0 bridgehead atoms. The van der Waals surface area contributed by atoms with Crippen molar-refractivity contribution in [3.8, 4) is 5.69 Å². The zero-order valence-corrected chi connectivity index (χ0v) is 24.8. The summed E-state index contributed by atoms with van der Waals surface area (Å²) >= 11 is 0. The second-order valence-corrected chi connectivity index (χ2v) is 12.3. The van der Waals surface area contributed by atoms with Gasteiger partial charge in [0.25, 0.3) is 10.1 Å². The van der Waals surface area contributed by atoms with Crippen LogP contribution in [0.5, 0.6) is 0 Å². The molecule has 45 heavy (non-hydrogen) atoms. The highest BCUT2D eigenvalue weighted by atomic mass is 32.2. The van der Waals surface area contributed by atoms with Crippen molar-refractivity contribution in [1.82, 2.24) is 20.2 Å². The molecule has 2 aromatic heterocycles. The van der Waals surface area contributed by atoms with E-state index in [0.717, 1.165) is 29.0 Å². The average Bonchev–Trinajstić information content (AvgIpc) is 3.34. The second kappa shape index (κ2) is 12.5. The van der Waals surface area contributed by atoms with Crippen LogP contribution in [0.3, 0.4) is 0 Å². The molecular weight excluding hydrogens is 625 g/mol. The quantitative estimate of drug-likeness (QED) is 0.219. The normalized spacial score (nSPS) is 20.1. The Balaban J connectivity index is 0.000000854. The van der Waals surface area contributed by atoms with Crippen LogP contribution in [0.2, 0.25) is 0 Å². The van der Waals surface area contributed by atoms with E-state index >= 15 is 4.39 Å². The third-order valence-corrected chi connectivity index (χ3v) is 7.30. The van der Waals surface area contributed by atoms with E-state index < -0.39 is 68.4 Å². The largest absolute Gasteiger partial charge is 0.477 e. The smallest absolute Gasteiger partial charge is 0.341 e. The third kappa shape index (κ3) is 7.47. The number of pyridine rings is 2. The number of piperidine rings is 1. The molecule has 2 aliphatic rings. The number of aromatic carboxylic acids is 1. The molecule has 5 rings (SSSR count). The monoisotopic (exact) mass is 654 g/mol. The minimum atomic E-state index is -3.67. The van der Waals surface area contributed by atoms with Crippen LogP contribution in [0.25, 0.3) is 16.7 Å². The van der Waals surface area contributed by atoms with Crippen molar-refractivity contribution >= 4 is 44.8 Å². The van der Waals surface area contributed by atoms with Gasteiger partial charge in [0.05, 0.1) is 29.4 Å². The first-order chi connectivity index (χ1) is 20.9. The standard InChI is InChI=1S/C26H25F3N6O5.CH4O3S/c1-10(30)24(37)33-25(38)11(2)31-20-14-7-34(8-15(14)20)23-18(29)6-13-21(36)16(26(39)40)9-35(22(13)32-23)19-4-3-12(27)5-17(19)28;1-5(2,3)4/h3-6,9-11,14-15,20,31H,7-8,30H2,1-2H3,(H,39,40)(H,33,37,38);1H3,(H,2,3,4)/t10-,11+,14-,15+,20?;/m1./s1. The molecule has 1 saturated carbocycles. The van der Waals surface area contributed by atoms with Gasteiger partial charge in [-0.05, 0) is 43.9 Å². The Morgan fingerprint density at radius 3 is 2.20 bits per heavy atom. The number of carbonyl (C=O) groups is 3. The van der Waals surface area contributed by atoms with E-state index in [-0.39, 0.29) is 40.4 Å². The first-order valence-electron chi connectivity index (χ1n) is 13.4. The Hall–Kier alpha value is -4.39. The van der Waals surface area contributed by atoms with Gasteiger partial charge in [-0.2, -0.15) is 8.42 Å². The summed E-state index contributed by atoms with van der Waals surface area (Å²) < 4.78 is 70.3. The number of anilines is 1. The van der Waals surface area contributed by atoms with E-state index in [2.05, 4.69) is 15.6 Å². The number of aromatic nitrogens is 2. The third-order valence-electron chi connectivity index (χ3n) is 7.30. The Morgan fingerprint density at radius 1 is 1.07 bits per heavy atom. The summed E-state index contributed by atoms with van der Waals surface area (Å²) in [6, 6.07) is 1.92. The molecule has 1 saturated heterocycles. The Bertz CT molecular complexity index is 1850. The number of nitrogens with one attached hydrogen (secondary N) is 2. The van der Waals surface area contributed by atoms with Gasteiger partial charge in [-0.1, -0.05) is 0 Å². The fourth-order valence-corrected chi connectivity index (χ4v) is 5.10. The first kappa shape index (κ1) is 33.5. The number of hydrogen-bond donors (Lipinski definition) is 5. The van der Waals surface area contributed by atoms with Crippen LogP contribution >= 0.6 is 0 Å². The first-order valence-corrected chi connectivity index (χ1v) is 15.2. The summed E-state index contributed by atoms with van der Waals surface area (Å²) in [4.78, 5) is 54.4. The molecule has 0 radical (unpaired) electrons. The van der Waals surface area contributed by atoms with E-state index in [4.69, 9.17) is 10.3 Å². The van der Waals surface area contributed by atoms with Crippen LogP contribution in [-0.2, 0) is 19.7 Å². The van der Waals surface area contributed by atoms with Gasteiger partial charge in [-0.3, -0.25) is 28.8 Å². The van der Waals surface area contributed by atoms with E-state index in [1.807, 2.05) is 0 Å². The lowest BCUT2D eigenvalue weighted by molar-refractivity contribution is -0.132. The second-order valence-electron chi connectivity index (χ2n) is 10.8. The van der Waals surface area contributed by atoms with Crippen LogP contribution in [0, 0.1) is 29.3 Å². The van der Waals surface area contributed by atoms with Crippen molar-refractivity contribution in [3.63, 3.8) is 0 Å². The molecule has 1 aliphatic carbocycles. The van der Waals surface area contributed by atoms with Crippen molar-refractivity contribution in [2.45, 2.75) is 32.0 Å². The number of fused-ring (bicyclic) bond motifs is 2. The number of nitrogens with zero attached hydrogens (tertiary/aromatic N) is 3. The summed E-state index contributed by atoms with van der Waals surface area (Å²) in [6.07, 6.45) is 1.59. The number of carbonyl (C=O) groups excluding carboxylic acids is 2. The minimum absolute atomic E-state index is 0.0439. The van der Waals surface area contributed by atoms with Gasteiger partial charge in [0.1, 0.15) is 17.2 Å². The lowest BCUT2D eigenvalue weighted by Gasteiger charge is -2.24. The summed E-state index contributed by atoms with van der Waals surface area (Å²) in [5.74, 6) is -5.51. The predicted octanol–water partition coefficient (Wildman–Crippen LogP) is 0.408. The molecule has 18 heteroatoms. The molecule has 1 aromatic carbocycles. The molecule has 0 spiro atoms. The molecule has 3 heterocycles. The minimum Gasteiger partial charge on any atom is -0.477 e. The summed E-state index contributed by atoms with van der Waals surface area (Å²) in [7, 11) is -3.67. The maximum Gasteiger partial charge on any atom is 0.341 e. The number of carboxylic acid groups (broad SMARTS) is 1. The Kier molecular flexibility index (Phi) is 9.34. The number of benzene rings is 1. The Morgan fingerprint density at radius 2 is 1.67 bits per heavy atom. The summed E-state index contributed by atoms with van der Waals surface area (Å²) in [6.45, 7) is 3.78. The van der Waals surface area contributed by atoms with Gasteiger partial charge in [-0.15, -0.1) is 0 Å². The SMILES string of the molecule is CS(=O)(=O)O.C[C@H](NC1[C@H]2CN(c3nc4c(cc3F)c(=O)c(C(=O)O)cn4-c3ccc(F)cc3F)C[C@@H]12)C(=O)NC(=O)[C@@H](C)N. The van der Waals surface area contributed by atoms with Gasteiger partial charge >= 0.3 is 5.97 Å². The molecule has 5 atom stereocenters. The fraction of sp³-hybridized carbons (Fsp3) is 0.370. The van der Waals surface area contributed by atoms with Crippen molar-refractivity contribution in [2.24, 2.45) is 17.6 Å². The predicted molar refractivity (Wildman–Crippen MR) is 154 cm³/mol. The van der Waals surface area contributed by atoms with Crippen LogP contribution in [0.15, 0.2) is 35.3 Å². The maximum atomic E-state index is 15.3. The number of nitrogens with two attached hydrogens (primary N) is 1. The molecule has 6 N–H and O–H groups in total. The van der Waals surface area contributed by atoms with Crippen molar-refractivity contribution in [1.29, 1.82) is 0 Å². The zero-order chi connectivity index (χ0) is 33.5. The molecule has 242 valence electrons. The molecule has 14 nitrogen and oxygen atoms in total. The topological polar surface area (TPSA) is 214 Å². The van der Waals surface area contributed by atoms with Crippen molar-refractivity contribution < 1.29 is 45.6 Å². The summed E-state index contributed by atoms with van der Waals surface area (Å²) in [5.41, 5.74) is 3.26. The number of amides is 2. The molecule has 1 aliphatic heterocycles. The molecule has 1 unspecified atom stereocenters. The lowest BCUT2D eigenvalue weighted by atomic mass is 10.1. The van der Waals surface area contributed by atoms with Gasteiger partial charge in [0.15, 0.2) is 17.3 Å². The number of rotatable bonds is 7. The van der Waals surface area contributed by atoms with Gasteiger partial charge in [0.2, 0.25) is 17.2 Å². The number of hydrogen-bond acceptors (Lipinski definition) is 10. The van der Waals surface area contributed by atoms with Crippen molar-refractivity contribution in [2.75, 3.05) is 24.2 Å². The molecule has 2 amide bonds. The number of carboxylic acids is 1.